The lowest BCUT2D eigenvalue weighted by Crippen LogP contribution is -2.38. The van der Waals surface area contributed by atoms with Crippen LogP contribution in [0, 0.1) is 5.92 Å². The van der Waals surface area contributed by atoms with Gasteiger partial charge in [-0.15, -0.1) is 0 Å². The Morgan fingerprint density at radius 1 is 1.05 bits per heavy atom. The van der Waals surface area contributed by atoms with Crippen molar-refractivity contribution in [2.75, 3.05) is 13.1 Å². The summed E-state index contributed by atoms with van der Waals surface area (Å²) in [7, 11) is 0. The molecule has 0 bridgehead atoms. The van der Waals surface area contributed by atoms with Crippen molar-refractivity contribution in [3.8, 4) is 0 Å². The van der Waals surface area contributed by atoms with Crippen molar-refractivity contribution in [2.24, 2.45) is 5.92 Å². The van der Waals surface area contributed by atoms with Crippen LogP contribution in [0.4, 0.5) is 0 Å². The second kappa shape index (κ2) is 5.63. The van der Waals surface area contributed by atoms with E-state index in [-0.39, 0.29) is 0 Å². The summed E-state index contributed by atoms with van der Waals surface area (Å²) in [6, 6.07) is 6.29. The number of hydrogen-bond acceptors (Lipinski definition) is 1. The summed E-state index contributed by atoms with van der Waals surface area (Å²) in [5.41, 5.74) is 1.74. The van der Waals surface area contributed by atoms with Gasteiger partial charge in [-0.3, -0.25) is 0 Å². The molecule has 1 N–H and O–H groups in total. The summed E-state index contributed by atoms with van der Waals surface area (Å²) in [5.74, 6) is 0.755. The van der Waals surface area contributed by atoms with E-state index in [1.807, 2.05) is 6.07 Å². The zero-order valence-corrected chi connectivity index (χ0v) is 12.7. The van der Waals surface area contributed by atoms with Crippen molar-refractivity contribution >= 4 is 23.2 Å². The fourth-order valence-electron chi connectivity index (χ4n) is 4.05. The normalized spacial score (nSPS) is 26.5. The van der Waals surface area contributed by atoms with Crippen LogP contribution in [0.5, 0.6) is 0 Å². The minimum absolute atomic E-state index is 0.329. The first-order valence-corrected chi connectivity index (χ1v) is 8.14. The zero-order chi connectivity index (χ0) is 13.3. The molecule has 0 amide bonds. The molecular formula is C16H21Cl2N. The average molecular weight is 298 g/mol. The summed E-state index contributed by atoms with van der Waals surface area (Å²) >= 11 is 12.3. The lowest BCUT2D eigenvalue weighted by Gasteiger charge is -2.43. The molecule has 3 rings (SSSR count). The molecule has 3 heteroatoms. The van der Waals surface area contributed by atoms with Crippen LogP contribution >= 0.6 is 23.2 Å². The highest BCUT2D eigenvalue weighted by atomic mass is 35.5. The Hall–Kier alpha value is -0.240. The Bertz CT molecular complexity index is 446. The molecule has 2 fully saturated rings. The summed E-state index contributed by atoms with van der Waals surface area (Å²) in [5, 5.41) is 4.90. The number of halogens is 2. The highest BCUT2D eigenvalue weighted by molar-refractivity contribution is 6.42. The van der Waals surface area contributed by atoms with Gasteiger partial charge in [0.25, 0.3) is 0 Å². The second-order valence-corrected chi connectivity index (χ2v) is 6.85. The van der Waals surface area contributed by atoms with E-state index in [4.69, 9.17) is 23.2 Å². The highest BCUT2D eigenvalue weighted by Crippen LogP contribution is 2.48. The van der Waals surface area contributed by atoms with Crippen LogP contribution < -0.4 is 5.32 Å². The van der Waals surface area contributed by atoms with Crippen LogP contribution in [-0.2, 0) is 5.41 Å². The van der Waals surface area contributed by atoms with Crippen LogP contribution in [0.1, 0.15) is 44.1 Å². The SMILES string of the molecule is Clc1ccc(C2([C@H]3CCNC3)CCCCC2)cc1Cl. The van der Waals surface area contributed by atoms with E-state index < -0.39 is 0 Å². The van der Waals surface area contributed by atoms with Gasteiger partial charge in [0.1, 0.15) is 0 Å². The van der Waals surface area contributed by atoms with Gasteiger partial charge in [0.15, 0.2) is 0 Å². The first-order valence-electron chi connectivity index (χ1n) is 7.39. The molecule has 0 aromatic heterocycles. The predicted octanol–water partition coefficient (Wildman–Crippen LogP) is 4.80. The van der Waals surface area contributed by atoms with Crippen LogP contribution in [-0.4, -0.2) is 13.1 Å². The van der Waals surface area contributed by atoms with Crippen molar-refractivity contribution in [1.29, 1.82) is 0 Å². The van der Waals surface area contributed by atoms with E-state index in [9.17, 15) is 0 Å². The van der Waals surface area contributed by atoms with Crippen LogP contribution in [0.2, 0.25) is 10.0 Å². The molecule has 1 heterocycles. The third-order valence-electron chi connectivity index (χ3n) is 5.08. The largest absolute Gasteiger partial charge is 0.316 e. The Kier molecular flexibility index (Phi) is 4.07. The van der Waals surface area contributed by atoms with Gasteiger partial charge in [0.2, 0.25) is 0 Å². The predicted molar refractivity (Wildman–Crippen MR) is 82.2 cm³/mol. The molecule has 1 aliphatic heterocycles. The minimum Gasteiger partial charge on any atom is -0.316 e. The van der Waals surface area contributed by atoms with Gasteiger partial charge < -0.3 is 5.32 Å². The van der Waals surface area contributed by atoms with Crippen molar-refractivity contribution < 1.29 is 0 Å². The molecule has 104 valence electrons. The maximum absolute atomic E-state index is 6.25. The van der Waals surface area contributed by atoms with Gasteiger partial charge in [-0.1, -0.05) is 48.5 Å². The Labute approximate surface area is 125 Å². The van der Waals surface area contributed by atoms with Gasteiger partial charge in [-0.25, -0.2) is 0 Å². The lowest BCUT2D eigenvalue weighted by atomic mass is 9.62. The summed E-state index contributed by atoms with van der Waals surface area (Å²) in [6.45, 7) is 2.31. The minimum atomic E-state index is 0.329. The highest BCUT2D eigenvalue weighted by Gasteiger charge is 2.42. The van der Waals surface area contributed by atoms with E-state index in [0.717, 1.165) is 19.0 Å². The third-order valence-corrected chi connectivity index (χ3v) is 5.82. The fraction of sp³-hybridized carbons (Fsp3) is 0.625. The number of hydrogen-bond donors (Lipinski definition) is 1. The lowest BCUT2D eigenvalue weighted by molar-refractivity contribution is 0.202. The molecule has 1 saturated carbocycles. The van der Waals surface area contributed by atoms with Crippen LogP contribution in [0.3, 0.4) is 0 Å². The Morgan fingerprint density at radius 3 is 2.47 bits per heavy atom. The van der Waals surface area contributed by atoms with Gasteiger partial charge in [0.05, 0.1) is 10.0 Å². The van der Waals surface area contributed by atoms with Crippen molar-refractivity contribution in [3.05, 3.63) is 33.8 Å². The molecule has 1 atom stereocenters. The third kappa shape index (κ3) is 2.53. The first-order chi connectivity index (χ1) is 9.22. The summed E-state index contributed by atoms with van der Waals surface area (Å²) in [6.07, 6.45) is 7.96. The Morgan fingerprint density at radius 2 is 1.84 bits per heavy atom. The molecule has 19 heavy (non-hydrogen) atoms. The molecule has 0 unspecified atom stereocenters. The maximum atomic E-state index is 6.25. The van der Waals surface area contributed by atoms with Crippen molar-refractivity contribution in [3.63, 3.8) is 0 Å². The molecular weight excluding hydrogens is 277 g/mol. The fourth-order valence-corrected chi connectivity index (χ4v) is 4.35. The standard InChI is InChI=1S/C16H21Cl2N/c17-14-5-4-12(10-15(14)18)16(7-2-1-3-8-16)13-6-9-19-11-13/h4-5,10,13,19H,1-3,6-9,11H2/t13-/m0/s1. The zero-order valence-electron chi connectivity index (χ0n) is 11.2. The van der Waals surface area contributed by atoms with Gasteiger partial charge in [-0.2, -0.15) is 0 Å². The summed E-state index contributed by atoms with van der Waals surface area (Å²) in [4.78, 5) is 0. The number of benzene rings is 1. The monoisotopic (exact) mass is 297 g/mol. The maximum Gasteiger partial charge on any atom is 0.0595 e. The van der Waals surface area contributed by atoms with E-state index in [2.05, 4.69) is 17.4 Å². The first kappa shape index (κ1) is 13.7. The van der Waals surface area contributed by atoms with Crippen molar-refractivity contribution in [2.45, 2.75) is 43.9 Å². The molecule has 1 aromatic rings. The molecule has 0 spiro atoms. The number of nitrogens with one attached hydrogen (secondary N) is 1. The molecule has 1 nitrogen and oxygen atoms in total. The smallest absolute Gasteiger partial charge is 0.0595 e. The Balaban J connectivity index is 1.99. The number of rotatable bonds is 2. The molecule has 1 aliphatic carbocycles. The summed E-state index contributed by atoms with van der Waals surface area (Å²) < 4.78 is 0. The average Bonchev–Trinajstić information content (AvgIpc) is 2.97. The second-order valence-electron chi connectivity index (χ2n) is 6.04. The van der Waals surface area contributed by atoms with E-state index >= 15 is 0 Å². The van der Waals surface area contributed by atoms with Gasteiger partial charge in [0, 0.05) is 0 Å². The van der Waals surface area contributed by atoms with Gasteiger partial charge >= 0.3 is 0 Å². The molecule has 2 aliphatic rings. The van der Waals surface area contributed by atoms with Crippen molar-refractivity contribution in [1.82, 2.24) is 5.32 Å². The van der Waals surface area contributed by atoms with E-state index in [1.165, 1.54) is 44.1 Å². The van der Waals surface area contributed by atoms with Crippen LogP contribution in [0.25, 0.3) is 0 Å². The molecule has 0 radical (unpaired) electrons. The van der Waals surface area contributed by atoms with Crippen LogP contribution in [0.15, 0.2) is 18.2 Å². The topological polar surface area (TPSA) is 12.0 Å². The van der Waals surface area contributed by atoms with Gasteiger partial charge in [-0.05, 0) is 61.4 Å². The molecule has 1 aromatic carbocycles. The molecule has 1 saturated heterocycles. The van der Waals surface area contributed by atoms with E-state index in [0.29, 0.717) is 15.5 Å². The van der Waals surface area contributed by atoms with E-state index in [1.54, 1.807) is 0 Å². The quantitative estimate of drug-likeness (QED) is 0.826.